The van der Waals surface area contributed by atoms with Crippen molar-refractivity contribution < 1.29 is 14.3 Å². The summed E-state index contributed by atoms with van der Waals surface area (Å²) in [5, 5.41) is 0. The Bertz CT molecular complexity index is 466. The summed E-state index contributed by atoms with van der Waals surface area (Å²) in [7, 11) is 1.32. The van der Waals surface area contributed by atoms with Crippen LogP contribution in [-0.4, -0.2) is 29.6 Å². The molecule has 1 amide bonds. The standard InChI is InChI=1S/C11H10ClNO3S/c1-16-11(15)7-3-2-4-8(5-7)13-6-17-9(12)10(13)14/h2-5,9H,6H2,1H3. The zero-order chi connectivity index (χ0) is 12.4. The zero-order valence-electron chi connectivity index (χ0n) is 9.05. The number of hydrogen-bond acceptors (Lipinski definition) is 4. The maximum atomic E-state index is 11.7. The molecule has 0 bridgehead atoms. The van der Waals surface area contributed by atoms with Gasteiger partial charge in [-0.05, 0) is 18.2 Å². The fraction of sp³-hybridized carbons (Fsp3) is 0.273. The van der Waals surface area contributed by atoms with Crippen molar-refractivity contribution in [3.8, 4) is 0 Å². The third-order valence-corrected chi connectivity index (χ3v) is 3.86. The average molecular weight is 272 g/mol. The predicted molar refractivity (Wildman–Crippen MR) is 67.4 cm³/mol. The summed E-state index contributed by atoms with van der Waals surface area (Å²) < 4.78 is 4.08. The van der Waals surface area contributed by atoms with E-state index in [9.17, 15) is 9.59 Å². The van der Waals surface area contributed by atoms with Crippen LogP contribution in [0.3, 0.4) is 0 Å². The van der Waals surface area contributed by atoms with Crippen LogP contribution in [0.25, 0.3) is 0 Å². The van der Waals surface area contributed by atoms with E-state index in [-0.39, 0.29) is 5.91 Å². The molecule has 1 aliphatic heterocycles. The summed E-state index contributed by atoms with van der Waals surface area (Å²) in [6.07, 6.45) is 0. The van der Waals surface area contributed by atoms with E-state index in [1.807, 2.05) is 0 Å². The summed E-state index contributed by atoms with van der Waals surface area (Å²) in [4.78, 5) is 24.6. The number of ether oxygens (including phenoxy) is 1. The van der Waals surface area contributed by atoms with Crippen molar-refractivity contribution in [1.82, 2.24) is 0 Å². The zero-order valence-corrected chi connectivity index (χ0v) is 10.6. The van der Waals surface area contributed by atoms with Gasteiger partial charge in [0.15, 0.2) is 4.71 Å². The van der Waals surface area contributed by atoms with Crippen LogP contribution in [0.4, 0.5) is 5.69 Å². The van der Waals surface area contributed by atoms with E-state index >= 15 is 0 Å². The second-order valence-corrected chi connectivity index (χ2v) is 5.18. The number of alkyl halides is 1. The first-order valence-corrected chi connectivity index (χ1v) is 6.37. The lowest BCUT2D eigenvalue weighted by Crippen LogP contribution is -2.27. The van der Waals surface area contributed by atoms with Gasteiger partial charge in [-0.1, -0.05) is 6.07 Å². The molecule has 0 N–H and O–H groups in total. The minimum Gasteiger partial charge on any atom is -0.465 e. The number of hydrogen-bond donors (Lipinski definition) is 0. The molecule has 1 aliphatic rings. The van der Waals surface area contributed by atoms with Crippen LogP contribution in [0.2, 0.25) is 0 Å². The van der Waals surface area contributed by atoms with E-state index in [0.717, 1.165) is 0 Å². The van der Waals surface area contributed by atoms with Gasteiger partial charge in [0.05, 0.1) is 18.6 Å². The molecule has 0 aromatic heterocycles. The monoisotopic (exact) mass is 271 g/mol. The molecule has 17 heavy (non-hydrogen) atoms. The first-order valence-electron chi connectivity index (χ1n) is 4.89. The molecule has 0 saturated carbocycles. The molecule has 1 unspecified atom stereocenters. The maximum Gasteiger partial charge on any atom is 0.337 e. The van der Waals surface area contributed by atoms with Crippen LogP contribution in [-0.2, 0) is 9.53 Å². The second kappa shape index (κ2) is 4.98. The van der Waals surface area contributed by atoms with Crippen molar-refractivity contribution in [2.24, 2.45) is 0 Å². The Kier molecular flexibility index (Phi) is 3.59. The highest BCUT2D eigenvalue weighted by Gasteiger charge is 2.31. The Labute approximate surface area is 108 Å². The third-order valence-electron chi connectivity index (χ3n) is 2.39. The van der Waals surface area contributed by atoms with Gasteiger partial charge in [-0.15, -0.1) is 23.4 Å². The number of anilines is 1. The Morgan fingerprint density at radius 1 is 1.59 bits per heavy atom. The summed E-state index contributed by atoms with van der Waals surface area (Å²) in [5.41, 5.74) is 1.08. The summed E-state index contributed by atoms with van der Waals surface area (Å²) in [6.45, 7) is 0. The van der Waals surface area contributed by atoms with Crippen molar-refractivity contribution in [2.45, 2.75) is 4.71 Å². The van der Waals surface area contributed by atoms with Crippen LogP contribution in [0.1, 0.15) is 10.4 Å². The summed E-state index contributed by atoms with van der Waals surface area (Å²) >= 11 is 7.17. The van der Waals surface area contributed by atoms with Crippen molar-refractivity contribution in [1.29, 1.82) is 0 Å². The van der Waals surface area contributed by atoms with Gasteiger partial charge in [0.1, 0.15) is 0 Å². The highest BCUT2D eigenvalue weighted by Crippen LogP contribution is 2.31. The molecule has 0 aliphatic carbocycles. The molecule has 0 radical (unpaired) electrons. The quantitative estimate of drug-likeness (QED) is 0.610. The molecule has 1 aromatic carbocycles. The summed E-state index contributed by atoms with van der Waals surface area (Å²) in [5.74, 6) is -0.0790. The number of amides is 1. The lowest BCUT2D eigenvalue weighted by atomic mass is 10.2. The van der Waals surface area contributed by atoms with Gasteiger partial charge in [-0.2, -0.15) is 0 Å². The third kappa shape index (κ3) is 2.40. The van der Waals surface area contributed by atoms with Crippen LogP contribution < -0.4 is 4.90 Å². The first-order chi connectivity index (χ1) is 8.13. The lowest BCUT2D eigenvalue weighted by molar-refractivity contribution is -0.116. The Hall–Kier alpha value is -1.20. The largest absolute Gasteiger partial charge is 0.465 e. The molecule has 2 rings (SSSR count). The van der Waals surface area contributed by atoms with Gasteiger partial charge in [-0.25, -0.2) is 4.79 Å². The van der Waals surface area contributed by atoms with Crippen LogP contribution in [0.15, 0.2) is 24.3 Å². The molecule has 1 atom stereocenters. The molecule has 0 spiro atoms. The number of halogens is 1. The highest BCUT2D eigenvalue weighted by atomic mass is 35.5. The number of esters is 1. The van der Waals surface area contributed by atoms with Gasteiger partial charge < -0.3 is 9.64 Å². The average Bonchev–Trinajstić information content (AvgIpc) is 2.69. The second-order valence-electron chi connectivity index (χ2n) is 3.42. The SMILES string of the molecule is COC(=O)c1cccc(N2CSC(Cl)C2=O)c1. The fourth-order valence-corrected chi connectivity index (χ4v) is 2.63. The first kappa shape index (κ1) is 12.3. The molecule has 1 saturated heterocycles. The van der Waals surface area contributed by atoms with Crippen molar-refractivity contribution in [3.63, 3.8) is 0 Å². The van der Waals surface area contributed by atoms with Crippen LogP contribution in [0, 0.1) is 0 Å². The molecule has 1 fully saturated rings. The van der Waals surface area contributed by atoms with Gasteiger partial charge >= 0.3 is 5.97 Å². The van der Waals surface area contributed by atoms with Crippen molar-refractivity contribution in [2.75, 3.05) is 17.9 Å². The molecule has 4 nitrogen and oxygen atoms in total. The summed E-state index contributed by atoms with van der Waals surface area (Å²) in [6, 6.07) is 6.74. The van der Waals surface area contributed by atoms with E-state index in [0.29, 0.717) is 17.1 Å². The molecule has 1 aromatic rings. The minimum atomic E-state index is -0.545. The Morgan fingerprint density at radius 2 is 2.35 bits per heavy atom. The van der Waals surface area contributed by atoms with E-state index in [4.69, 9.17) is 11.6 Å². The fourth-order valence-electron chi connectivity index (χ4n) is 1.52. The Balaban J connectivity index is 2.28. The maximum absolute atomic E-state index is 11.7. The number of rotatable bonds is 2. The number of carbonyl (C=O) groups excluding carboxylic acids is 2. The van der Waals surface area contributed by atoms with Crippen LogP contribution >= 0.6 is 23.4 Å². The number of methoxy groups -OCH3 is 1. The highest BCUT2D eigenvalue weighted by molar-refractivity contribution is 8.02. The number of nitrogens with zero attached hydrogens (tertiary/aromatic N) is 1. The molecular formula is C11H10ClNO3S. The number of benzene rings is 1. The topological polar surface area (TPSA) is 46.6 Å². The number of carbonyl (C=O) groups is 2. The predicted octanol–water partition coefficient (Wildman–Crippen LogP) is 2.08. The van der Waals surface area contributed by atoms with E-state index in [1.165, 1.54) is 18.9 Å². The Morgan fingerprint density at radius 3 is 2.94 bits per heavy atom. The molecular weight excluding hydrogens is 262 g/mol. The molecule has 1 heterocycles. The van der Waals surface area contributed by atoms with Crippen LogP contribution in [0.5, 0.6) is 0 Å². The van der Waals surface area contributed by atoms with Crippen molar-refractivity contribution in [3.05, 3.63) is 29.8 Å². The van der Waals surface area contributed by atoms with E-state index < -0.39 is 10.7 Å². The smallest absolute Gasteiger partial charge is 0.337 e. The lowest BCUT2D eigenvalue weighted by Gasteiger charge is -2.15. The van der Waals surface area contributed by atoms with E-state index in [2.05, 4.69) is 4.74 Å². The minimum absolute atomic E-state index is 0.154. The van der Waals surface area contributed by atoms with Gasteiger partial charge in [0.25, 0.3) is 5.91 Å². The van der Waals surface area contributed by atoms with E-state index in [1.54, 1.807) is 29.2 Å². The van der Waals surface area contributed by atoms with Gasteiger partial charge in [-0.3, -0.25) is 4.79 Å². The molecule has 90 valence electrons. The van der Waals surface area contributed by atoms with Gasteiger partial charge in [0, 0.05) is 5.69 Å². The van der Waals surface area contributed by atoms with Gasteiger partial charge in [0.2, 0.25) is 0 Å². The van der Waals surface area contributed by atoms with Crippen molar-refractivity contribution >= 4 is 40.9 Å². The normalized spacial score (nSPS) is 19.5. The number of thioether (sulfide) groups is 1. The molecule has 6 heteroatoms.